The molecule has 1 fully saturated rings. The van der Waals surface area contributed by atoms with E-state index in [0.717, 1.165) is 17.5 Å². The van der Waals surface area contributed by atoms with Crippen molar-refractivity contribution in [1.29, 1.82) is 0 Å². The smallest absolute Gasteiger partial charge is 0.357 e. The number of hydrogen-bond acceptors (Lipinski definition) is 6. The molecule has 1 amide bonds. The van der Waals surface area contributed by atoms with Crippen LogP contribution in [0.15, 0.2) is 58.2 Å². The molecule has 1 saturated heterocycles. The Kier molecular flexibility index (Phi) is 5.76. The Morgan fingerprint density at radius 3 is 2.25 bits per heavy atom. The first-order valence-electron chi connectivity index (χ1n) is 9.90. The van der Waals surface area contributed by atoms with Gasteiger partial charge in [-0.2, -0.15) is 9.40 Å². The zero-order valence-corrected chi connectivity index (χ0v) is 17.7. The van der Waals surface area contributed by atoms with Crippen molar-refractivity contribution in [2.45, 2.75) is 24.3 Å². The van der Waals surface area contributed by atoms with Gasteiger partial charge in [0.05, 0.1) is 10.3 Å². The normalized spacial score (nSPS) is 14.5. The minimum absolute atomic E-state index is 0.135. The summed E-state index contributed by atoms with van der Waals surface area (Å²) in [5, 5.41) is 16.1. The molecule has 0 bridgehead atoms. The Labute approximate surface area is 183 Å². The van der Waals surface area contributed by atoms with E-state index in [1.165, 1.54) is 40.7 Å². The number of benzene rings is 2. The summed E-state index contributed by atoms with van der Waals surface area (Å²) < 4.78 is 27.4. The first-order chi connectivity index (χ1) is 15.3. The molecule has 166 valence electrons. The van der Waals surface area contributed by atoms with Crippen LogP contribution in [-0.2, 0) is 21.4 Å². The SMILES string of the molecule is O=C(Cn1nc(C(=O)O)c2ccccc2c1=O)Nc1ccc(S(=O)(=O)N2CCCC2)cc1. The quantitative estimate of drug-likeness (QED) is 0.573. The molecule has 10 nitrogen and oxygen atoms in total. The van der Waals surface area contributed by atoms with E-state index < -0.39 is 34.0 Å². The molecule has 4 rings (SSSR count). The first-order valence-corrected chi connectivity index (χ1v) is 11.3. The van der Waals surface area contributed by atoms with Gasteiger partial charge >= 0.3 is 5.97 Å². The van der Waals surface area contributed by atoms with Crippen LogP contribution < -0.4 is 10.9 Å². The van der Waals surface area contributed by atoms with E-state index in [-0.39, 0.29) is 21.4 Å². The third-order valence-electron chi connectivity index (χ3n) is 5.20. The second-order valence-corrected chi connectivity index (χ2v) is 9.28. The number of anilines is 1. The molecule has 11 heteroatoms. The lowest BCUT2D eigenvalue weighted by Gasteiger charge is -2.15. The van der Waals surface area contributed by atoms with Crippen LogP contribution in [0.1, 0.15) is 23.3 Å². The van der Waals surface area contributed by atoms with Gasteiger partial charge in [-0.3, -0.25) is 9.59 Å². The van der Waals surface area contributed by atoms with Crippen LogP contribution in [-0.4, -0.2) is 52.6 Å². The minimum Gasteiger partial charge on any atom is -0.476 e. The zero-order valence-electron chi connectivity index (χ0n) is 16.9. The third-order valence-corrected chi connectivity index (χ3v) is 7.12. The van der Waals surface area contributed by atoms with E-state index in [4.69, 9.17) is 0 Å². The fraction of sp³-hybridized carbons (Fsp3) is 0.238. The van der Waals surface area contributed by atoms with Crippen LogP contribution in [0.5, 0.6) is 0 Å². The van der Waals surface area contributed by atoms with Crippen molar-refractivity contribution in [1.82, 2.24) is 14.1 Å². The Balaban J connectivity index is 1.53. The predicted octanol–water partition coefficient (Wildman–Crippen LogP) is 1.52. The molecule has 0 saturated carbocycles. The lowest BCUT2D eigenvalue weighted by molar-refractivity contribution is -0.117. The van der Waals surface area contributed by atoms with Gasteiger partial charge in [-0.1, -0.05) is 18.2 Å². The predicted molar refractivity (Wildman–Crippen MR) is 116 cm³/mol. The van der Waals surface area contributed by atoms with Crippen molar-refractivity contribution in [2.24, 2.45) is 0 Å². The maximum absolute atomic E-state index is 12.6. The molecule has 1 aromatic heterocycles. The van der Waals surface area contributed by atoms with E-state index in [2.05, 4.69) is 10.4 Å². The number of carboxylic acid groups (broad SMARTS) is 1. The number of amides is 1. The largest absolute Gasteiger partial charge is 0.476 e. The van der Waals surface area contributed by atoms with Crippen molar-refractivity contribution in [3.63, 3.8) is 0 Å². The fourth-order valence-corrected chi connectivity index (χ4v) is 5.14. The van der Waals surface area contributed by atoms with Crippen molar-refractivity contribution < 1.29 is 23.1 Å². The number of hydrogen-bond donors (Lipinski definition) is 2. The van der Waals surface area contributed by atoms with Crippen LogP contribution in [0.3, 0.4) is 0 Å². The number of carbonyl (C=O) groups is 2. The Bertz CT molecular complexity index is 1360. The summed E-state index contributed by atoms with van der Waals surface area (Å²) in [6, 6.07) is 11.9. The van der Waals surface area contributed by atoms with E-state index in [1.807, 2.05) is 0 Å². The zero-order chi connectivity index (χ0) is 22.9. The summed E-state index contributed by atoms with van der Waals surface area (Å²) in [5.41, 5.74) is -0.583. The highest BCUT2D eigenvalue weighted by Crippen LogP contribution is 2.22. The van der Waals surface area contributed by atoms with Crippen LogP contribution >= 0.6 is 0 Å². The highest BCUT2D eigenvalue weighted by molar-refractivity contribution is 7.89. The minimum atomic E-state index is -3.56. The summed E-state index contributed by atoms with van der Waals surface area (Å²) in [4.78, 5) is 36.8. The number of aromatic nitrogens is 2. The summed E-state index contributed by atoms with van der Waals surface area (Å²) in [7, 11) is -3.56. The van der Waals surface area contributed by atoms with Gasteiger partial charge in [0.1, 0.15) is 6.54 Å². The Hall–Kier alpha value is -3.57. The average Bonchev–Trinajstić information content (AvgIpc) is 3.32. The molecule has 1 aliphatic heterocycles. The second-order valence-electron chi connectivity index (χ2n) is 7.35. The highest BCUT2D eigenvalue weighted by Gasteiger charge is 2.27. The molecular formula is C21H20N4O6S. The van der Waals surface area contributed by atoms with Crippen molar-refractivity contribution in [2.75, 3.05) is 18.4 Å². The number of sulfonamides is 1. The molecule has 32 heavy (non-hydrogen) atoms. The molecule has 2 heterocycles. The van der Waals surface area contributed by atoms with Crippen molar-refractivity contribution in [3.8, 4) is 0 Å². The molecule has 0 atom stereocenters. The first kappa shape index (κ1) is 21.7. The summed E-state index contributed by atoms with van der Waals surface area (Å²) in [6.45, 7) is 0.483. The number of nitrogens with zero attached hydrogens (tertiary/aromatic N) is 3. The lowest BCUT2D eigenvalue weighted by Crippen LogP contribution is -2.31. The van der Waals surface area contributed by atoms with Gasteiger partial charge < -0.3 is 10.4 Å². The van der Waals surface area contributed by atoms with Crippen LogP contribution in [0.2, 0.25) is 0 Å². The maximum atomic E-state index is 12.6. The summed E-state index contributed by atoms with van der Waals surface area (Å²) in [5.74, 6) is -1.92. The molecule has 0 aliphatic carbocycles. The number of rotatable bonds is 6. The molecule has 3 aromatic rings. The number of aromatic carboxylic acids is 1. The van der Waals surface area contributed by atoms with Gasteiger partial charge in [0.15, 0.2) is 5.69 Å². The van der Waals surface area contributed by atoms with Crippen LogP contribution in [0, 0.1) is 0 Å². The lowest BCUT2D eigenvalue weighted by atomic mass is 10.1. The molecule has 2 aromatic carbocycles. The van der Waals surface area contributed by atoms with E-state index in [0.29, 0.717) is 18.8 Å². The number of nitrogens with one attached hydrogen (secondary N) is 1. The average molecular weight is 456 g/mol. The molecule has 1 aliphatic rings. The Morgan fingerprint density at radius 2 is 1.62 bits per heavy atom. The fourth-order valence-electron chi connectivity index (χ4n) is 3.62. The van der Waals surface area contributed by atoms with Crippen molar-refractivity contribution >= 4 is 38.4 Å². The van der Waals surface area contributed by atoms with Crippen LogP contribution in [0.4, 0.5) is 5.69 Å². The monoisotopic (exact) mass is 456 g/mol. The maximum Gasteiger partial charge on any atom is 0.357 e. The second kappa shape index (κ2) is 8.52. The van der Waals surface area contributed by atoms with Gasteiger partial charge in [-0.25, -0.2) is 17.9 Å². The van der Waals surface area contributed by atoms with Gasteiger partial charge in [-0.05, 0) is 43.2 Å². The van der Waals surface area contributed by atoms with Gasteiger partial charge in [0, 0.05) is 24.2 Å². The van der Waals surface area contributed by atoms with Crippen LogP contribution in [0.25, 0.3) is 10.8 Å². The van der Waals surface area contributed by atoms with E-state index in [9.17, 15) is 27.9 Å². The summed E-state index contributed by atoms with van der Waals surface area (Å²) in [6.07, 6.45) is 1.66. The summed E-state index contributed by atoms with van der Waals surface area (Å²) >= 11 is 0. The van der Waals surface area contributed by atoms with Gasteiger partial charge in [0.25, 0.3) is 5.56 Å². The molecule has 2 N–H and O–H groups in total. The van der Waals surface area contributed by atoms with E-state index in [1.54, 1.807) is 12.1 Å². The topological polar surface area (TPSA) is 139 Å². The molecule has 0 spiro atoms. The third kappa shape index (κ3) is 4.12. The van der Waals surface area contributed by atoms with E-state index >= 15 is 0 Å². The molecule has 0 unspecified atom stereocenters. The standard InChI is InChI=1S/C21H20N4O6S/c26-18(13-25-20(27)17-6-2-1-5-16(17)19(23-25)21(28)29)22-14-7-9-15(10-8-14)32(30,31)24-11-3-4-12-24/h1-2,5-10H,3-4,11-13H2,(H,22,26)(H,28,29). The number of fused-ring (bicyclic) bond motifs is 1. The molecule has 0 radical (unpaired) electrons. The Morgan fingerprint density at radius 1 is 1.00 bits per heavy atom. The van der Waals surface area contributed by atoms with Gasteiger partial charge in [-0.15, -0.1) is 0 Å². The number of carbonyl (C=O) groups excluding carboxylic acids is 1. The molecular weight excluding hydrogens is 436 g/mol. The highest BCUT2D eigenvalue weighted by atomic mass is 32.2. The number of carboxylic acids is 1. The van der Waals surface area contributed by atoms with Gasteiger partial charge in [0.2, 0.25) is 15.9 Å². The van der Waals surface area contributed by atoms with Crippen molar-refractivity contribution in [3.05, 3.63) is 64.6 Å².